The van der Waals surface area contributed by atoms with Crippen LogP contribution < -0.4 is 5.73 Å². The topological polar surface area (TPSA) is 62.8 Å². The van der Waals surface area contributed by atoms with Crippen molar-refractivity contribution >= 4 is 17.6 Å². The summed E-state index contributed by atoms with van der Waals surface area (Å²) >= 11 is 1.53. The maximum atomic E-state index is 7.57. The van der Waals surface area contributed by atoms with Crippen LogP contribution in [-0.4, -0.2) is 10.8 Å². The average Bonchev–Trinajstić information content (AvgIpc) is 2.32. The highest BCUT2D eigenvalue weighted by Crippen LogP contribution is 2.29. The van der Waals surface area contributed by atoms with Gasteiger partial charge in [-0.3, -0.25) is 5.41 Å². The van der Waals surface area contributed by atoms with E-state index in [9.17, 15) is 0 Å². The van der Waals surface area contributed by atoms with Gasteiger partial charge in [0.05, 0.1) is 0 Å². The standard InChI is InChI=1S/C14H15N3S/c1-9-3-6-11(7-4-9)18-14-12(13(15)16)8-5-10(2)17-14/h3-8H,1-2H3,(H3,15,16). The molecule has 2 aromatic rings. The summed E-state index contributed by atoms with van der Waals surface area (Å²) in [6, 6.07) is 11.9. The summed E-state index contributed by atoms with van der Waals surface area (Å²) < 4.78 is 0. The van der Waals surface area contributed by atoms with Crippen molar-refractivity contribution in [3.8, 4) is 0 Å². The van der Waals surface area contributed by atoms with E-state index in [2.05, 4.69) is 24.0 Å². The van der Waals surface area contributed by atoms with Crippen LogP contribution >= 0.6 is 11.8 Å². The predicted octanol–water partition coefficient (Wildman–Crippen LogP) is 3.13. The van der Waals surface area contributed by atoms with Gasteiger partial charge in [0.2, 0.25) is 0 Å². The van der Waals surface area contributed by atoms with Crippen LogP contribution in [0.5, 0.6) is 0 Å². The van der Waals surface area contributed by atoms with Crippen molar-refractivity contribution in [2.24, 2.45) is 5.73 Å². The molecule has 0 aliphatic rings. The summed E-state index contributed by atoms with van der Waals surface area (Å²) in [4.78, 5) is 5.55. The smallest absolute Gasteiger partial charge is 0.125 e. The molecule has 92 valence electrons. The number of aromatic nitrogens is 1. The van der Waals surface area contributed by atoms with Gasteiger partial charge in [-0.15, -0.1) is 0 Å². The monoisotopic (exact) mass is 257 g/mol. The number of benzene rings is 1. The maximum Gasteiger partial charge on any atom is 0.125 e. The van der Waals surface area contributed by atoms with Crippen LogP contribution in [-0.2, 0) is 0 Å². The number of rotatable bonds is 3. The van der Waals surface area contributed by atoms with E-state index in [-0.39, 0.29) is 5.84 Å². The summed E-state index contributed by atoms with van der Waals surface area (Å²) in [5.41, 5.74) is 8.41. The van der Waals surface area contributed by atoms with E-state index < -0.39 is 0 Å². The molecule has 0 fully saturated rings. The Labute approximate surface area is 111 Å². The van der Waals surface area contributed by atoms with Crippen LogP contribution in [0.1, 0.15) is 16.8 Å². The van der Waals surface area contributed by atoms with Crippen molar-refractivity contribution in [2.75, 3.05) is 0 Å². The number of amidine groups is 1. The molecule has 1 aromatic carbocycles. The fourth-order valence-corrected chi connectivity index (χ4v) is 2.51. The first-order chi connectivity index (χ1) is 8.56. The van der Waals surface area contributed by atoms with Gasteiger partial charge in [-0.25, -0.2) is 4.98 Å². The van der Waals surface area contributed by atoms with E-state index in [1.807, 2.05) is 31.2 Å². The number of aryl methyl sites for hydroxylation is 2. The third-order valence-electron chi connectivity index (χ3n) is 2.53. The van der Waals surface area contributed by atoms with Gasteiger partial charge in [-0.1, -0.05) is 29.5 Å². The molecule has 0 bridgehead atoms. The van der Waals surface area contributed by atoms with Crippen LogP contribution in [0.2, 0.25) is 0 Å². The van der Waals surface area contributed by atoms with E-state index in [1.165, 1.54) is 17.3 Å². The lowest BCUT2D eigenvalue weighted by Gasteiger charge is -2.08. The molecular formula is C14H15N3S. The summed E-state index contributed by atoms with van der Waals surface area (Å²) in [6.45, 7) is 3.99. The van der Waals surface area contributed by atoms with Crippen LogP contribution in [0.15, 0.2) is 46.3 Å². The first-order valence-corrected chi connectivity index (χ1v) is 6.44. The fourth-order valence-electron chi connectivity index (χ4n) is 1.53. The van der Waals surface area contributed by atoms with Crippen LogP contribution in [0.4, 0.5) is 0 Å². The van der Waals surface area contributed by atoms with E-state index in [0.717, 1.165) is 15.6 Å². The molecule has 2 rings (SSSR count). The highest BCUT2D eigenvalue weighted by molar-refractivity contribution is 7.99. The lowest BCUT2D eigenvalue weighted by molar-refractivity contribution is 1.05. The Morgan fingerprint density at radius 1 is 1.11 bits per heavy atom. The molecule has 0 saturated carbocycles. The molecule has 0 aliphatic heterocycles. The Morgan fingerprint density at radius 2 is 1.78 bits per heavy atom. The molecule has 0 saturated heterocycles. The van der Waals surface area contributed by atoms with Gasteiger partial charge in [0.1, 0.15) is 10.9 Å². The van der Waals surface area contributed by atoms with E-state index in [4.69, 9.17) is 11.1 Å². The molecule has 0 radical (unpaired) electrons. The summed E-state index contributed by atoms with van der Waals surface area (Å²) in [5.74, 6) is 0.0529. The summed E-state index contributed by atoms with van der Waals surface area (Å²) in [5, 5.41) is 8.35. The van der Waals surface area contributed by atoms with Gasteiger partial charge in [0, 0.05) is 16.2 Å². The van der Waals surface area contributed by atoms with Gasteiger partial charge < -0.3 is 5.73 Å². The SMILES string of the molecule is Cc1ccc(Sc2nc(C)ccc2C(=N)N)cc1. The highest BCUT2D eigenvalue weighted by Gasteiger charge is 2.09. The molecule has 3 N–H and O–H groups in total. The fraction of sp³-hybridized carbons (Fsp3) is 0.143. The first kappa shape index (κ1) is 12.6. The first-order valence-electron chi connectivity index (χ1n) is 5.63. The van der Waals surface area contributed by atoms with Gasteiger partial charge in [0.15, 0.2) is 0 Å². The lowest BCUT2D eigenvalue weighted by Crippen LogP contribution is -2.13. The number of nitrogen functional groups attached to an aromatic ring is 1. The number of nitrogens with zero attached hydrogens (tertiary/aromatic N) is 1. The van der Waals surface area contributed by atoms with Crippen molar-refractivity contribution in [1.29, 1.82) is 5.41 Å². The van der Waals surface area contributed by atoms with Crippen molar-refractivity contribution < 1.29 is 0 Å². The van der Waals surface area contributed by atoms with Crippen LogP contribution in [0.25, 0.3) is 0 Å². The Balaban J connectivity index is 2.35. The van der Waals surface area contributed by atoms with Gasteiger partial charge in [0.25, 0.3) is 0 Å². The molecule has 0 unspecified atom stereocenters. The predicted molar refractivity (Wildman–Crippen MR) is 75.3 cm³/mol. The minimum atomic E-state index is 0.0529. The van der Waals surface area contributed by atoms with Crippen molar-refractivity contribution in [1.82, 2.24) is 4.98 Å². The van der Waals surface area contributed by atoms with E-state index >= 15 is 0 Å². The maximum absolute atomic E-state index is 7.57. The zero-order chi connectivity index (χ0) is 13.1. The molecule has 1 aromatic heterocycles. The van der Waals surface area contributed by atoms with Gasteiger partial charge in [-0.05, 0) is 38.1 Å². The zero-order valence-electron chi connectivity index (χ0n) is 10.4. The third kappa shape index (κ3) is 2.90. The lowest BCUT2D eigenvalue weighted by atomic mass is 10.2. The molecule has 0 spiro atoms. The van der Waals surface area contributed by atoms with Crippen molar-refractivity contribution in [2.45, 2.75) is 23.8 Å². The molecular weight excluding hydrogens is 242 g/mol. The van der Waals surface area contributed by atoms with Gasteiger partial charge >= 0.3 is 0 Å². The minimum Gasteiger partial charge on any atom is -0.384 e. The molecule has 0 amide bonds. The largest absolute Gasteiger partial charge is 0.384 e. The van der Waals surface area contributed by atoms with E-state index in [0.29, 0.717) is 5.56 Å². The van der Waals surface area contributed by atoms with Crippen LogP contribution in [0, 0.1) is 19.3 Å². The molecule has 0 aliphatic carbocycles. The number of nitrogens with two attached hydrogens (primary N) is 1. The highest BCUT2D eigenvalue weighted by atomic mass is 32.2. The number of pyridine rings is 1. The normalized spacial score (nSPS) is 10.3. The quantitative estimate of drug-likeness (QED) is 0.656. The summed E-state index contributed by atoms with van der Waals surface area (Å²) in [6.07, 6.45) is 0. The second-order valence-electron chi connectivity index (χ2n) is 4.13. The van der Waals surface area contributed by atoms with Crippen molar-refractivity contribution in [3.05, 3.63) is 53.2 Å². The molecule has 18 heavy (non-hydrogen) atoms. The van der Waals surface area contributed by atoms with E-state index in [1.54, 1.807) is 0 Å². The second-order valence-corrected chi connectivity index (χ2v) is 5.20. The number of hydrogen-bond donors (Lipinski definition) is 2. The molecule has 1 heterocycles. The summed E-state index contributed by atoms with van der Waals surface area (Å²) in [7, 11) is 0. The Bertz CT molecular complexity index is 576. The molecule has 3 nitrogen and oxygen atoms in total. The Kier molecular flexibility index (Phi) is 3.67. The van der Waals surface area contributed by atoms with Gasteiger partial charge in [-0.2, -0.15) is 0 Å². The van der Waals surface area contributed by atoms with Crippen LogP contribution in [0.3, 0.4) is 0 Å². The third-order valence-corrected chi connectivity index (χ3v) is 3.54. The Morgan fingerprint density at radius 3 is 2.39 bits per heavy atom. The average molecular weight is 257 g/mol. The number of nitrogens with one attached hydrogen (secondary N) is 1. The zero-order valence-corrected chi connectivity index (χ0v) is 11.2. The second kappa shape index (κ2) is 5.23. The molecule has 0 atom stereocenters. The Hall–Kier alpha value is -1.81. The van der Waals surface area contributed by atoms with Crippen molar-refractivity contribution in [3.63, 3.8) is 0 Å². The molecule has 4 heteroatoms. The minimum absolute atomic E-state index is 0.0529. The number of hydrogen-bond acceptors (Lipinski definition) is 3.